The minimum atomic E-state index is -0.555. The molecule has 0 atom stereocenters. The Hall–Kier alpha value is -3.42. The van der Waals surface area contributed by atoms with Gasteiger partial charge in [0.2, 0.25) is 0 Å². The van der Waals surface area contributed by atoms with Gasteiger partial charge in [0.1, 0.15) is 0 Å². The third-order valence-corrected chi connectivity index (χ3v) is 3.49. The van der Waals surface area contributed by atoms with Crippen LogP contribution in [0.15, 0.2) is 42.5 Å². The Morgan fingerprint density at radius 2 is 1.81 bits per heavy atom. The minimum absolute atomic E-state index is 0.0303. The molecule has 0 heterocycles. The quantitative estimate of drug-likeness (QED) is 0.632. The summed E-state index contributed by atoms with van der Waals surface area (Å²) in [5.74, 6) is -0.577. The van der Waals surface area contributed by atoms with Gasteiger partial charge in [-0.05, 0) is 42.8 Å². The largest absolute Gasteiger partial charge is 0.477 e. The summed E-state index contributed by atoms with van der Waals surface area (Å²) < 4.78 is 5.27. The molecule has 0 unspecified atom stereocenters. The second kappa shape index (κ2) is 8.11. The Morgan fingerprint density at radius 3 is 2.38 bits per heavy atom. The summed E-state index contributed by atoms with van der Waals surface area (Å²) in [6, 6.07) is 10.9. The summed E-state index contributed by atoms with van der Waals surface area (Å²) in [4.78, 5) is 35.7. The molecular weight excluding hydrogens is 338 g/mol. The normalized spacial score (nSPS) is 10.1. The summed E-state index contributed by atoms with van der Waals surface area (Å²) in [6.07, 6.45) is 0. The summed E-state index contributed by atoms with van der Waals surface area (Å²) in [5.41, 5.74) is 1.53. The predicted molar refractivity (Wildman–Crippen MR) is 96.4 cm³/mol. The van der Waals surface area contributed by atoms with E-state index in [1.807, 2.05) is 0 Å². The first kappa shape index (κ1) is 18.9. The SMILES string of the molecule is Cc1ccc(OCC(=O)Nc2ccc(C(=O)N(C)C)cc2)c([N+](=O)[O-])c1. The number of carbonyl (C=O) groups is 2. The topological polar surface area (TPSA) is 102 Å². The second-order valence-electron chi connectivity index (χ2n) is 5.84. The molecule has 1 N–H and O–H groups in total. The van der Waals surface area contributed by atoms with Crippen molar-refractivity contribution >= 4 is 23.2 Å². The molecule has 8 nitrogen and oxygen atoms in total. The minimum Gasteiger partial charge on any atom is -0.477 e. The van der Waals surface area contributed by atoms with Gasteiger partial charge in [-0.2, -0.15) is 0 Å². The van der Waals surface area contributed by atoms with Gasteiger partial charge >= 0.3 is 5.69 Å². The van der Waals surface area contributed by atoms with Crippen LogP contribution < -0.4 is 10.1 Å². The van der Waals surface area contributed by atoms with Crippen molar-refractivity contribution in [3.63, 3.8) is 0 Å². The standard InChI is InChI=1S/C18H19N3O5/c1-12-4-9-16(15(10-12)21(24)25)26-11-17(22)19-14-7-5-13(6-8-14)18(23)20(2)3/h4-10H,11H2,1-3H3,(H,19,22). The monoisotopic (exact) mass is 357 g/mol. The van der Waals surface area contributed by atoms with E-state index in [-0.39, 0.29) is 24.0 Å². The molecule has 2 aromatic carbocycles. The van der Waals surface area contributed by atoms with E-state index in [1.54, 1.807) is 51.4 Å². The predicted octanol–water partition coefficient (Wildman–Crippen LogP) is 2.62. The van der Waals surface area contributed by atoms with E-state index in [9.17, 15) is 19.7 Å². The van der Waals surface area contributed by atoms with Crippen molar-refractivity contribution in [2.75, 3.05) is 26.0 Å². The van der Waals surface area contributed by atoms with Crippen molar-refractivity contribution in [1.29, 1.82) is 0 Å². The number of hydrogen-bond acceptors (Lipinski definition) is 5. The lowest BCUT2D eigenvalue weighted by Crippen LogP contribution is -2.22. The Bertz CT molecular complexity index is 831. The van der Waals surface area contributed by atoms with E-state index in [0.717, 1.165) is 5.56 Å². The fraction of sp³-hybridized carbons (Fsp3) is 0.222. The highest BCUT2D eigenvalue weighted by Crippen LogP contribution is 2.27. The highest BCUT2D eigenvalue weighted by Gasteiger charge is 2.16. The molecule has 0 bridgehead atoms. The number of nitro benzene ring substituents is 1. The summed E-state index contributed by atoms with van der Waals surface area (Å²) in [6.45, 7) is 1.36. The summed E-state index contributed by atoms with van der Waals surface area (Å²) in [7, 11) is 3.30. The smallest absolute Gasteiger partial charge is 0.311 e. The third-order valence-electron chi connectivity index (χ3n) is 3.49. The third kappa shape index (κ3) is 4.79. The molecule has 0 spiro atoms. The maximum absolute atomic E-state index is 12.0. The van der Waals surface area contributed by atoms with Crippen molar-refractivity contribution in [3.05, 3.63) is 63.7 Å². The first-order valence-electron chi connectivity index (χ1n) is 7.77. The molecule has 0 aliphatic carbocycles. The van der Waals surface area contributed by atoms with E-state index in [0.29, 0.717) is 11.3 Å². The van der Waals surface area contributed by atoms with Crippen LogP contribution in [0.5, 0.6) is 5.75 Å². The van der Waals surface area contributed by atoms with Crippen LogP contribution in [-0.4, -0.2) is 42.3 Å². The van der Waals surface area contributed by atoms with Crippen LogP contribution in [0.25, 0.3) is 0 Å². The molecule has 2 rings (SSSR count). The lowest BCUT2D eigenvalue weighted by atomic mass is 10.2. The number of benzene rings is 2. The molecule has 0 saturated heterocycles. The van der Waals surface area contributed by atoms with E-state index >= 15 is 0 Å². The van der Waals surface area contributed by atoms with Gasteiger partial charge in [0.15, 0.2) is 12.4 Å². The fourth-order valence-electron chi connectivity index (χ4n) is 2.19. The molecule has 2 amide bonds. The molecule has 2 aromatic rings. The highest BCUT2D eigenvalue weighted by molar-refractivity contribution is 5.95. The molecule has 0 saturated carbocycles. The Morgan fingerprint density at radius 1 is 1.15 bits per heavy atom. The van der Waals surface area contributed by atoms with Gasteiger partial charge < -0.3 is 15.0 Å². The Kier molecular flexibility index (Phi) is 5.90. The molecule has 26 heavy (non-hydrogen) atoms. The number of carbonyl (C=O) groups excluding carboxylic acids is 2. The average Bonchev–Trinajstić information content (AvgIpc) is 2.60. The number of amides is 2. The molecular formula is C18H19N3O5. The lowest BCUT2D eigenvalue weighted by molar-refractivity contribution is -0.385. The van der Waals surface area contributed by atoms with Gasteiger partial charge in [0.25, 0.3) is 11.8 Å². The van der Waals surface area contributed by atoms with Crippen LogP contribution in [0.1, 0.15) is 15.9 Å². The number of rotatable bonds is 6. The molecule has 0 aliphatic heterocycles. The first-order valence-corrected chi connectivity index (χ1v) is 7.77. The number of anilines is 1. The van der Waals surface area contributed by atoms with Crippen LogP contribution in [0.4, 0.5) is 11.4 Å². The molecule has 0 fully saturated rings. The highest BCUT2D eigenvalue weighted by atomic mass is 16.6. The van der Waals surface area contributed by atoms with Crippen molar-refractivity contribution in [2.24, 2.45) is 0 Å². The van der Waals surface area contributed by atoms with Gasteiger partial charge in [0.05, 0.1) is 4.92 Å². The van der Waals surface area contributed by atoms with Crippen LogP contribution in [0.3, 0.4) is 0 Å². The van der Waals surface area contributed by atoms with Gasteiger partial charge in [-0.3, -0.25) is 19.7 Å². The van der Waals surface area contributed by atoms with E-state index in [4.69, 9.17) is 4.74 Å². The molecule has 0 radical (unpaired) electrons. The van der Waals surface area contributed by atoms with Gasteiger partial charge in [-0.1, -0.05) is 6.07 Å². The first-order chi connectivity index (χ1) is 12.3. The maximum Gasteiger partial charge on any atom is 0.311 e. The molecule has 0 aliphatic rings. The van der Waals surface area contributed by atoms with Crippen LogP contribution in [-0.2, 0) is 4.79 Å². The maximum atomic E-state index is 12.0. The van der Waals surface area contributed by atoms with Crippen molar-refractivity contribution in [1.82, 2.24) is 4.90 Å². The fourth-order valence-corrected chi connectivity index (χ4v) is 2.19. The van der Waals surface area contributed by atoms with Gasteiger partial charge in [-0.25, -0.2) is 0 Å². The van der Waals surface area contributed by atoms with Gasteiger partial charge in [-0.15, -0.1) is 0 Å². The lowest BCUT2D eigenvalue weighted by Gasteiger charge is -2.11. The second-order valence-corrected chi connectivity index (χ2v) is 5.84. The zero-order chi connectivity index (χ0) is 19.3. The zero-order valence-corrected chi connectivity index (χ0v) is 14.7. The number of aryl methyl sites for hydroxylation is 1. The van der Waals surface area contributed by atoms with E-state index in [1.165, 1.54) is 17.0 Å². The van der Waals surface area contributed by atoms with E-state index in [2.05, 4.69) is 5.32 Å². The summed E-state index contributed by atoms with van der Waals surface area (Å²) >= 11 is 0. The van der Waals surface area contributed by atoms with Gasteiger partial charge in [0, 0.05) is 31.4 Å². The average molecular weight is 357 g/mol. The number of nitrogens with one attached hydrogen (secondary N) is 1. The van der Waals surface area contributed by atoms with Crippen LogP contribution in [0.2, 0.25) is 0 Å². The number of nitro groups is 1. The number of hydrogen-bond donors (Lipinski definition) is 1. The zero-order valence-electron chi connectivity index (χ0n) is 14.7. The molecule has 136 valence electrons. The van der Waals surface area contributed by atoms with Crippen molar-refractivity contribution < 1.29 is 19.2 Å². The molecule has 0 aromatic heterocycles. The van der Waals surface area contributed by atoms with Crippen LogP contribution >= 0.6 is 0 Å². The van der Waals surface area contributed by atoms with Crippen molar-refractivity contribution in [2.45, 2.75) is 6.92 Å². The van der Waals surface area contributed by atoms with Crippen molar-refractivity contribution in [3.8, 4) is 5.75 Å². The number of ether oxygens (including phenoxy) is 1. The molecule has 8 heteroatoms. The summed E-state index contributed by atoms with van der Waals surface area (Å²) in [5, 5.41) is 13.6. The van der Waals surface area contributed by atoms with E-state index < -0.39 is 10.8 Å². The van der Waals surface area contributed by atoms with Crippen LogP contribution in [0, 0.1) is 17.0 Å². The Labute approximate surface area is 150 Å². The number of nitrogens with zero attached hydrogens (tertiary/aromatic N) is 2. The Balaban J connectivity index is 1.97.